The van der Waals surface area contributed by atoms with E-state index in [0.717, 1.165) is 29.7 Å². The molecular formula is C21H35NO3. The fourth-order valence-electron chi connectivity index (χ4n) is 3.81. The van der Waals surface area contributed by atoms with Gasteiger partial charge < -0.3 is 14.9 Å². The number of aryl methyl sites for hydroxylation is 2. The Balaban J connectivity index is 1.94. The van der Waals surface area contributed by atoms with Crippen LogP contribution in [0.4, 0.5) is 0 Å². The van der Waals surface area contributed by atoms with Gasteiger partial charge in [-0.1, -0.05) is 31.4 Å². The molecule has 1 aromatic rings. The Morgan fingerprint density at radius 2 is 1.68 bits per heavy atom. The lowest BCUT2D eigenvalue weighted by molar-refractivity contribution is 0.0217. The molecule has 0 radical (unpaired) electrons. The van der Waals surface area contributed by atoms with Crippen LogP contribution in [0, 0.1) is 20.8 Å². The summed E-state index contributed by atoms with van der Waals surface area (Å²) in [5, 5.41) is 20.4. The Bertz CT molecular complexity index is 538. The molecule has 1 aliphatic carbocycles. The number of aliphatic hydroxyl groups excluding tert-OH is 2. The molecule has 142 valence electrons. The highest BCUT2D eigenvalue weighted by atomic mass is 16.5. The number of hydrogen-bond donors (Lipinski definition) is 2. The number of ether oxygens (including phenoxy) is 1. The second kappa shape index (κ2) is 9.56. The summed E-state index contributed by atoms with van der Waals surface area (Å²) in [5.41, 5.74) is 3.44. The predicted octanol–water partition coefficient (Wildman–Crippen LogP) is 3.37. The van der Waals surface area contributed by atoms with Crippen LogP contribution in [0.25, 0.3) is 0 Å². The zero-order valence-electron chi connectivity index (χ0n) is 16.3. The molecule has 1 aliphatic rings. The van der Waals surface area contributed by atoms with Gasteiger partial charge in [0.15, 0.2) is 0 Å². The molecule has 0 saturated heterocycles. The molecule has 4 heteroatoms. The molecule has 1 aromatic carbocycles. The highest BCUT2D eigenvalue weighted by Crippen LogP contribution is 2.26. The van der Waals surface area contributed by atoms with Gasteiger partial charge in [-0.05, 0) is 57.2 Å². The molecular weight excluding hydrogens is 314 g/mol. The first-order chi connectivity index (χ1) is 11.9. The van der Waals surface area contributed by atoms with Gasteiger partial charge in [-0.15, -0.1) is 0 Å². The topological polar surface area (TPSA) is 52.9 Å². The Morgan fingerprint density at radius 3 is 2.32 bits per heavy atom. The van der Waals surface area contributed by atoms with Crippen molar-refractivity contribution < 1.29 is 14.9 Å². The molecule has 2 rings (SSSR count). The molecule has 4 nitrogen and oxygen atoms in total. The molecule has 0 heterocycles. The fraction of sp³-hybridized carbons (Fsp3) is 0.714. The van der Waals surface area contributed by atoms with Gasteiger partial charge in [0.05, 0.1) is 6.10 Å². The van der Waals surface area contributed by atoms with Crippen LogP contribution in [-0.2, 0) is 0 Å². The summed E-state index contributed by atoms with van der Waals surface area (Å²) in [6, 6.07) is 4.63. The number of benzene rings is 1. The molecule has 25 heavy (non-hydrogen) atoms. The van der Waals surface area contributed by atoms with E-state index in [2.05, 4.69) is 30.9 Å². The molecule has 0 aromatic heterocycles. The van der Waals surface area contributed by atoms with Gasteiger partial charge >= 0.3 is 0 Å². The monoisotopic (exact) mass is 349 g/mol. The van der Waals surface area contributed by atoms with E-state index >= 15 is 0 Å². The van der Waals surface area contributed by atoms with Gasteiger partial charge in [-0.2, -0.15) is 0 Å². The zero-order chi connectivity index (χ0) is 18.4. The van der Waals surface area contributed by atoms with Gasteiger partial charge in [-0.25, -0.2) is 0 Å². The number of aliphatic hydroxyl groups is 2. The highest BCUT2D eigenvalue weighted by Gasteiger charge is 2.24. The van der Waals surface area contributed by atoms with Gasteiger partial charge in [0.25, 0.3) is 0 Å². The van der Waals surface area contributed by atoms with Crippen LogP contribution >= 0.6 is 0 Å². The molecule has 1 saturated carbocycles. The Kier molecular flexibility index (Phi) is 7.73. The van der Waals surface area contributed by atoms with Crippen LogP contribution in [0.1, 0.15) is 55.7 Å². The van der Waals surface area contributed by atoms with Crippen molar-refractivity contribution >= 4 is 0 Å². The summed E-state index contributed by atoms with van der Waals surface area (Å²) in [4.78, 5) is 2.26. The number of hydrogen-bond acceptors (Lipinski definition) is 4. The van der Waals surface area contributed by atoms with E-state index in [9.17, 15) is 10.2 Å². The van der Waals surface area contributed by atoms with Gasteiger partial charge in [0.2, 0.25) is 0 Å². The lowest BCUT2D eigenvalue weighted by Crippen LogP contribution is -2.46. The molecule has 2 unspecified atom stereocenters. The van der Waals surface area contributed by atoms with Crippen LogP contribution in [-0.4, -0.2) is 53.1 Å². The van der Waals surface area contributed by atoms with Crippen LogP contribution in [0.5, 0.6) is 5.75 Å². The van der Waals surface area contributed by atoms with E-state index in [0.29, 0.717) is 19.1 Å². The van der Waals surface area contributed by atoms with E-state index in [1.165, 1.54) is 24.8 Å². The number of rotatable bonds is 8. The summed E-state index contributed by atoms with van der Waals surface area (Å²) in [7, 11) is 0. The third-order valence-electron chi connectivity index (χ3n) is 5.33. The van der Waals surface area contributed by atoms with Crippen molar-refractivity contribution in [3.8, 4) is 5.75 Å². The third-order valence-corrected chi connectivity index (χ3v) is 5.33. The summed E-state index contributed by atoms with van der Waals surface area (Å²) < 4.78 is 5.96. The van der Waals surface area contributed by atoms with E-state index in [-0.39, 0.29) is 12.7 Å². The smallest absolute Gasteiger partial charge is 0.125 e. The van der Waals surface area contributed by atoms with Crippen molar-refractivity contribution in [1.82, 2.24) is 4.90 Å². The molecule has 0 bridgehead atoms. The van der Waals surface area contributed by atoms with Crippen LogP contribution in [0.3, 0.4) is 0 Å². The first kappa shape index (κ1) is 20.2. The van der Waals surface area contributed by atoms with Crippen LogP contribution < -0.4 is 4.74 Å². The van der Waals surface area contributed by atoms with E-state index in [1.54, 1.807) is 0 Å². The summed E-state index contributed by atoms with van der Waals surface area (Å²) in [6.45, 7) is 9.45. The SMILES string of the molecule is Cc1ccc(C)c(OCC(O)CN(CC(C)O)C2CCCCC2)c1C. The van der Waals surface area contributed by atoms with Crippen molar-refractivity contribution in [2.75, 3.05) is 19.7 Å². The highest BCUT2D eigenvalue weighted by molar-refractivity contribution is 5.44. The van der Waals surface area contributed by atoms with Crippen molar-refractivity contribution in [3.63, 3.8) is 0 Å². The maximum absolute atomic E-state index is 10.5. The molecule has 2 N–H and O–H groups in total. The van der Waals surface area contributed by atoms with Crippen molar-refractivity contribution in [2.24, 2.45) is 0 Å². The quantitative estimate of drug-likeness (QED) is 0.755. The minimum atomic E-state index is -0.556. The Hall–Kier alpha value is -1.10. The largest absolute Gasteiger partial charge is 0.490 e. The molecule has 0 aliphatic heterocycles. The van der Waals surface area contributed by atoms with Gasteiger partial charge in [0.1, 0.15) is 18.5 Å². The van der Waals surface area contributed by atoms with Gasteiger partial charge in [0, 0.05) is 19.1 Å². The minimum absolute atomic E-state index is 0.286. The average Bonchev–Trinajstić information content (AvgIpc) is 2.58. The van der Waals surface area contributed by atoms with E-state index in [1.807, 2.05) is 13.8 Å². The lowest BCUT2D eigenvalue weighted by Gasteiger charge is -2.36. The van der Waals surface area contributed by atoms with Crippen LogP contribution in [0.2, 0.25) is 0 Å². The lowest BCUT2D eigenvalue weighted by atomic mass is 9.93. The molecule has 1 fully saturated rings. The average molecular weight is 350 g/mol. The third kappa shape index (κ3) is 5.98. The summed E-state index contributed by atoms with van der Waals surface area (Å²) in [6.07, 6.45) is 5.18. The van der Waals surface area contributed by atoms with Crippen molar-refractivity contribution in [3.05, 3.63) is 28.8 Å². The standard InChI is InChI=1S/C21H35NO3/c1-15-10-11-16(2)21(18(15)4)25-14-20(24)13-22(12-17(3)23)19-8-6-5-7-9-19/h10-11,17,19-20,23-24H,5-9,12-14H2,1-4H3. The summed E-state index contributed by atoms with van der Waals surface area (Å²) in [5.74, 6) is 0.888. The van der Waals surface area contributed by atoms with E-state index < -0.39 is 6.10 Å². The predicted molar refractivity (Wildman–Crippen MR) is 102 cm³/mol. The van der Waals surface area contributed by atoms with Crippen molar-refractivity contribution in [2.45, 2.75) is 78.0 Å². The summed E-state index contributed by atoms with van der Waals surface area (Å²) >= 11 is 0. The normalized spacial score (nSPS) is 18.4. The zero-order valence-corrected chi connectivity index (χ0v) is 16.3. The van der Waals surface area contributed by atoms with Crippen LogP contribution in [0.15, 0.2) is 12.1 Å². The van der Waals surface area contributed by atoms with Crippen molar-refractivity contribution in [1.29, 1.82) is 0 Å². The van der Waals surface area contributed by atoms with E-state index in [4.69, 9.17) is 4.74 Å². The first-order valence-electron chi connectivity index (χ1n) is 9.68. The fourth-order valence-corrected chi connectivity index (χ4v) is 3.81. The maximum atomic E-state index is 10.5. The Labute approximate surface area is 152 Å². The second-order valence-electron chi connectivity index (χ2n) is 7.71. The molecule has 0 amide bonds. The minimum Gasteiger partial charge on any atom is -0.490 e. The van der Waals surface area contributed by atoms with Gasteiger partial charge in [-0.3, -0.25) is 4.90 Å². The second-order valence-corrected chi connectivity index (χ2v) is 7.71. The molecule has 2 atom stereocenters. The Morgan fingerprint density at radius 1 is 1.04 bits per heavy atom. The molecule has 0 spiro atoms. The number of nitrogens with zero attached hydrogens (tertiary/aromatic N) is 1. The maximum Gasteiger partial charge on any atom is 0.125 e. The first-order valence-corrected chi connectivity index (χ1v) is 9.68.